The smallest absolute Gasteiger partial charge is 0.0232 e. The van der Waals surface area contributed by atoms with Crippen LogP contribution in [0.1, 0.15) is 83.5 Å². The molecule has 1 unspecified atom stereocenters. The molecule has 4 fully saturated rings. The minimum atomic E-state index is 0.963. The zero-order valence-corrected chi connectivity index (χ0v) is 12.0. The minimum absolute atomic E-state index is 0.963. The van der Waals surface area contributed by atoms with E-state index in [-0.39, 0.29) is 0 Å². The fourth-order valence-corrected chi connectivity index (χ4v) is 5.59. The molecular formula is C18H30. The molecule has 0 nitrogen and oxygen atoms in total. The molecule has 0 aromatic heterocycles. The summed E-state index contributed by atoms with van der Waals surface area (Å²) in [7, 11) is 0. The molecule has 0 saturated heterocycles. The van der Waals surface area contributed by atoms with E-state index in [0.29, 0.717) is 0 Å². The van der Waals surface area contributed by atoms with Crippen molar-refractivity contribution in [3.63, 3.8) is 0 Å². The average molecular weight is 246 g/mol. The first kappa shape index (κ1) is 11.8. The maximum absolute atomic E-state index is 1.64. The molecule has 0 N–H and O–H groups in total. The lowest BCUT2D eigenvalue weighted by atomic mass is 9.81. The molecule has 0 heteroatoms. The van der Waals surface area contributed by atoms with Crippen molar-refractivity contribution >= 4 is 0 Å². The van der Waals surface area contributed by atoms with Crippen molar-refractivity contribution in [1.82, 2.24) is 0 Å². The number of hydrogen-bond donors (Lipinski definition) is 0. The van der Waals surface area contributed by atoms with E-state index in [1.807, 2.05) is 0 Å². The molecule has 0 aromatic rings. The second-order valence-corrected chi connectivity index (χ2v) is 8.07. The van der Waals surface area contributed by atoms with Crippen molar-refractivity contribution in [3.8, 4) is 0 Å². The third kappa shape index (κ3) is 2.04. The van der Waals surface area contributed by atoms with E-state index >= 15 is 0 Å². The summed E-state index contributed by atoms with van der Waals surface area (Å²) >= 11 is 0. The van der Waals surface area contributed by atoms with Gasteiger partial charge in [-0.1, -0.05) is 57.8 Å². The summed E-state index contributed by atoms with van der Waals surface area (Å²) in [5.41, 5.74) is 0.963. The summed E-state index contributed by atoms with van der Waals surface area (Å²) in [6, 6.07) is 0. The van der Waals surface area contributed by atoms with Crippen LogP contribution in [-0.4, -0.2) is 0 Å². The zero-order valence-electron chi connectivity index (χ0n) is 12.0. The molecule has 4 aliphatic rings. The van der Waals surface area contributed by atoms with E-state index in [1.54, 1.807) is 57.8 Å². The first-order chi connectivity index (χ1) is 8.88. The molecule has 0 bridgehead atoms. The van der Waals surface area contributed by atoms with Gasteiger partial charge >= 0.3 is 0 Å². The standard InChI is InChI=1S/C18H30/c1-2-4-7-14(6-3-1)10-11-15-8-5-9-17(15)18-12-16(18)13-18/h14-17H,1-13H2/t15-,16?,17?,18?/m0/s1. The first-order valence-corrected chi connectivity index (χ1v) is 8.88. The van der Waals surface area contributed by atoms with Gasteiger partial charge in [0.05, 0.1) is 0 Å². The Kier molecular flexibility index (Phi) is 2.97. The van der Waals surface area contributed by atoms with Crippen molar-refractivity contribution < 1.29 is 0 Å². The van der Waals surface area contributed by atoms with Crippen molar-refractivity contribution in [2.24, 2.45) is 29.1 Å². The van der Waals surface area contributed by atoms with Gasteiger partial charge in [-0.15, -0.1) is 0 Å². The highest BCUT2D eigenvalue weighted by atomic mass is 14.8. The van der Waals surface area contributed by atoms with Crippen LogP contribution < -0.4 is 0 Å². The van der Waals surface area contributed by atoms with Gasteiger partial charge in [0.25, 0.3) is 0 Å². The highest BCUT2D eigenvalue weighted by Gasteiger charge is 2.73. The van der Waals surface area contributed by atoms with E-state index < -0.39 is 0 Å². The van der Waals surface area contributed by atoms with E-state index in [9.17, 15) is 0 Å². The van der Waals surface area contributed by atoms with E-state index in [1.165, 1.54) is 37.5 Å². The van der Waals surface area contributed by atoms with Crippen molar-refractivity contribution in [2.45, 2.75) is 83.5 Å². The maximum atomic E-state index is 1.64. The van der Waals surface area contributed by atoms with Gasteiger partial charge in [-0.05, 0) is 54.8 Å². The van der Waals surface area contributed by atoms with Gasteiger partial charge in [-0.25, -0.2) is 0 Å². The Morgan fingerprint density at radius 1 is 0.722 bits per heavy atom. The summed E-state index contributed by atoms with van der Waals surface area (Å²) in [4.78, 5) is 0. The molecule has 4 rings (SSSR count). The fraction of sp³-hybridized carbons (Fsp3) is 1.00. The Morgan fingerprint density at radius 3 is 2.11 bits per heavy atom. The third-order valence-electron chi connectivity index (χ3n) is 7.06. The van der Waals surface area contributed by atoms with Gasteiger partial charge in [-0.3, -0.25) is 0 Å². The van der Waals surface area contributed by atoms with E-state index in [2.05, 4.69) is 0 Å². The lowest BCUT2D eigenvalue weighted by molar-refractivity contribution is 0.256. The SMILES string of the molecule is C1CCCC(CC[C@@H]2CCCC2C23CC2C3)CC1. The summed E-state index contributed by atoms with van der Waals surface area (Å²) < 4.78 is 0. The van der Waals surface area contributed by atoms with Crippen LogP contribution in [0.3, 0.4) is 0 Å². The zero-order chi connectivity index (χ0) is 12.0. The Hall–Kier alpha value is 0. The second-order valence-electron chi connectivity index (χ2n) is 8.07. The Labute approximate surface area is 113 Å². The van der Waals surface area contributed by atoms with Gasteiger partial charge in [0.1, 0.15) is 0 Å². The van der Waals surface area contributed by atoms with Gasteiger partial charge in [0.2, 0.25) is 0 Å². The summed E-state index contributed by atoms with van der Waals surface area (Å²) in [5, 5.41) is 0. The van der Waals surface area contributed by atoms with Crippen molar-refractivity contribution in [3.05, 3.63) is 0 Å². The van der Waals surface area contributed by atoms with E-state index in [4.69, 9.17) is 0 Å². The molecule has 102 valence electrons. The fourth-order valence-electron chi connectivity index (χ4n) is 5.59. The molecule has 0 aliphatic heterocycles. The molecule has 0 heterocycles. The quantitative estimate of drug-likeness (QED) is 0.569. The van der Waals surface area contributed by atoms with Crippen LogP contribution in [0.4, 0.5) is 0 Å². The van der Waals surface area contributed by atoms with Crippen molar-refractivity contribution in [1.29, 1.82) is 0 Å². The molecule has 4 aliphatic carbocycles. The lowest BCUT2D eigenvalue weighted by Crippen LogP contribution is -2.15. The average Bonchev–Trinajstić information content (AvgIpc) is 3.20. The summed E-state index contributed by atoms with van der Waals surface area (Å²) in [5.74, 6) is 4.68. The van der Waals surface area contributed by atoms with Crippen LogP contribution in [0.2, 0.25) is 0 Å². The predicted molar refractivity (Wildman–Crippen MR) is 76.4 cm³/mol. The minimum Gasteiger partial charge on any atom is -0.0533 e. The number of hydrogen-bond acceptors (Lipinski definition) is 0. The maximum Gasteiger partial charge on any atom is -0.0232 e. The normalized spacial score (nSPS) is 47.7. The molecule has 18 heavy (non-hydrogen) atoms. The second kappa shape index (κ2) is 4.53. The molecule has 4 saturated carbocycles. The topological polar surface area (TPSA) is 0 Å². The predicted octanol–water partition coefficient (Wildman–Crippen LogP) is 5.56. The summed E-state index contributed by atoms with van der Waals surface area (Å²) in [6.07, 6.45) is 20.4. The third-order valence-corrected chi connectivity index (χ3v) is 7.06. The highest BCUT2D eigenvalue weighted by molar-refractivity contribution is 5.22. The number of rotatable bonds is 4. The lowest BCUT2D eigenvalue weighted by Gasteiger charge is -2.24. The van der Waals surface area contributed by atoms with Gasteiger partial charge in [-0.2, -0.15) is 0 Å². The first-order valence-electron chi connectivity index (χ1n) is 8.88. The molecule has 0 amide bonds. The van der Waals surface area contributed by atoms with Crippen LogP contribution in [-0.2, 0) is 0 Å². The van der Waals surface area contributed by atoms with Gasteiger partial charge in [0, 0.05) is 0 Å². The highest BCUT2D eigenvalue weighted by Crippen LogP contribution is 2.81. The largest absolute Gasteiger partial charge is 0.0533 e. The summed E-state index contributed by atoms with van der Waals surface area (Å²) in [6.45, 7) is 0. The van der Waals surface area contributed by atoms with Crippen LogP contribution in [0.5, 0.6) is 0 Å². The van der Waals surface area contributed by atoms with Crippen molar-refractivity contribution in [2.75, 3.05) is 0 Å². The molecule has 2 atom stereocenters. The molecule has 0 spiro atoms. The molecule has 0 aromatic carbocycles. The van der Waals surface area contributed by atoms with Crippen LogP contribution in [0.15, 0.2) is 0 Å². The number of fused-ring (bicyclic) bond motifs is 1. The van der Waals surface area contributed by atoms with Gasteiger partial charge in [0.15, 0.2) is 0 Å². The molecule has 0 radical (unpaired) electrons. The van der Waals surface area contributed by atoms with E-state index in [0.717, 1.165) is 17.3 Å². The Bertz CT molecular complexity index is 291. The van der Waals surface area contributed by atoms with Crippen LogP contribution >= 0.6 is 0 Å². The Balaban J connectivity index is 1.28. The van der Waals surface area contributed by atoms with Crippen LogP contribution in [0, 0.1) is 29.1 Å². The van der Waals surface area contributed by atoms with Crippen LogP contribution in [0.25, 0.3) is 0 Å². The molecular weight excluding hydrogens is 216 g/mol. The monoisotopic (exact) mass is 246 g/mol. The Morgan fingerprint density at radius 2 is 1.44 bits per heavy atom. The van der Waals surface area contributed by atoms with Gasteiger partial charge < -0.3 is 0 Å².